The van der Waals surface area contributed by atoms with Crippen LogP contribution in [-0.2, 0) is 10.0 Å². The Morgan fingerprint density at radius 3 is 2.35 bits per heavy atom. The van der Waals surface area contributed by atoms with Gasteiger partial charge in [-0.1, -0.05) is 6.92 Å². The van der Waals surface area contributed by atoms with E-state index in [1.54, 1.807) is 4.31 Å². The summed E-state index contributed by atoms with van der Waals surface area (Å²) in [6.45, 7) is 7.47. The van der Waals surface area contributed by atoms with Crippen LogP contribution in [-0.4, -0.2) is 69.2 Å². The zero-order valence-corrected chi connectivity index (χ0v) is 11.5. The number of hydrogen-bond donors (Lipinski definition) is 1. The first-order valence-electron chi connectivity index (χ1n) is 6.38. The first-order valence-corrected chi connectivity index (χ1v) is 8.23. The van der Waals surface area contributed by atoms with E-state index in [0.717, 1.165) is 26.2 Å². The van der Waals surface area contributed by atoms with Gasteiger partial charge < -0.3 is 5.32 Å². The van der Waals surface area contributed by atoms with Crippen molar-refractivity contribution in [2.45, 2.75) is 19.4 Å². The highest BCUT2D eigenvalue weighted by Crippen LogP contribution is 2.19. The molecule has 1 N–H and O–H groups in total. The lowest BCUT2D eigenvalue weighted by Crippen LogP contribution is -2.57. The van der Waals surface area contributed by atoms with Crippen LogP contribution >= 0.6 is 0 Å². The van der Waals surface area contributed by atoms with Crippen molar-refractivity contribution in [1.29, 1.82) is 0 Å². The minimum atomic E-state index is -3.00. The van der Waals surface area contributed by atoms with Gasteiger partial charge in [0.1, 0.15) is 0 Å². The van der Waals surface area contributed by atoms with Gasteiger partial charge in [-0.3, -0.25) is 4.90 Å². The second kappa shape index (κ2) is 5.22. The van der Waals surface area contributed by atoms with Gasteiger partial charge >= 0.3 is 0 Å². The molecule has 0 aromatic carbocycles. The van der Waals surface area contributed by atoms with E-state index in [-0.39, 0.29) is 0 Å². The Bertz CT molecular complexity index is 350. The number of piperidine rings is 1. The van der Waals surface area contributed by atoms with Crippen LogP contribution in [0.2, 0.25) is 0 Å². The molecule has 2 unspecified atom stereocenters. The molecule has 0 saturated carbocycles. The summed E-state index contributed by atoms with van der Waals surface area (Å²) in [6.07, 6.45) is 2.52. The first-order chi connectivity index (χ1) is 7.98. The van der Waals surface area contributed by atoms with Gasteiger partial charge in [-0.2, -0.15) is 4.31 Å². The quantitative estimate of drug-likeness (QED) is 0.732. The topological polar surface area (TPSA) is 52.6 Å². The highest BCUT2D eigenvalue weighted by molar-refractivity contribution is 7.88. The van der Waals surface area contributed by atoms with Crippen molar-refractivity contribution >= 4 is 10.0 Å². The van der Waals surface area contributed by atoms with Crippen LogP contribution < -0.4 is 5.32 Å². The summed E-state index contributed by atoms with van der Waals surface area (Å²) in [7, 11) is -3.00. The fourth-order valence-corrected chi connectivity index (χ4v) is 3.66. The van der Waals surface area contributed by atoms with Crippen LogP contribution in [0.3, 0.4) is 0 Å². The average molecular weight is 261 g/mol. The highest BCUT2D eigenvalue weighted by atomic mass is 32.2. The third-order valence-electron chi connectivity index (χ3n) is 4.00. The van der Waals surface area contributed by atoms with Gasteiger partial charge in [0.05, 0.1) is 6.26 Å². The van der Waals surface area contributed by atoms with E-state index in [1.807, 2.05) is 0 Å². The zero-order valence-electron chi connectivity index (χ0n) is 10.7. The van der Waals surface area contributed by atoms with Gasteiger partial charge in [-0.25, -0.2) is 8.42 Å². The molecule has 2 aliphatic heterocycles. The van der Waals surface area contributed by atoms with Crippen LogP contribution in [0.5, 0.6) is 0 Å². The monoisotopic (exact) mass is 261 g/mol. The normalized spacial score (nSPS) is 33.8. The van der Waals surface area contributed by atoms with Crippen molar-refractivity contribution < 1.29 is 8.42 Å². The Morgan fingerprint density at radius 1 is 1.18 bits per heavy atom. The average Bonchev–Trinajstić information content (AvgIpc) is 2.29. The third kappa shape index (κ3) is 3.19. The van der Waals surface area contributed by atoms with Crippen molar-refractivity contribution in [2.75, 3.05) is 45.5 Å². The Kier molecular flexibility index (Phi) is 4.07. The Morgan fingerprint density at radius 2 is 1.82 bits per heavy atom. The molecule has 0 radical (unpaired) electrons. The van der Waals surface area contributed by atoms with Gasteiger partial charge in [0.25, 0.3) is 0 Å². The van der Waals surface area contributed by atoms with E-state index < -0.39 is 10.0 Å². The van der Waals surface area contributed by atoms with Gasteiger partial charge in [0.15, 0.2) is 0 Å². The largest absolute Gasteiger partial charge is 0.315 e. The SMILES string of the molecule is CC1CCNCC1N1CCN(S(C)(=O)=O)CC1. The summed E-state index contributed by atoms with van der Waals surface area (Å²) in [4.78, 5) is 2.44. The second-order valence-electron chi connectivity index (χ2n) is 5.24. The minimum absolute atomic E-state index is 0.575. The predicted molar refractivity (Wildman–Crippen MR) is 68.4 cm³/mol. The fourth-order valence-electron chi connectivity index (χ4n) is 2.83. The first kappa shape index (κ1) is 13.3. The molecule has 2 fully saturated rings. The number of nitrogens with zero attached hydrogens (tertiary/aromatic N) is 2. The maximum atomic E-state index is 11.4. The van der Waals surface area contributed by atoms with E-state index in [1.165, 1.54) is 12.7 Å². The van der Waals surface area contributed by atoms with E-state index in [4.69, 9.17) is 0 Å². The van der Waals surface area contributed by atoms with Crippen molar-refractivity contribution in [3.8, 4) is 0 Å². The molecule has 5 nitrogen and oxygen atoms in total. The molecule has 0 spiro atoms. The molecule has 0 aromatic heterocycles. The van der Waals surface area contributed by atoms with E-state index in [9.17, 15) is 8.42 Å². The summed E-state index contributed by atoms with van der Waals surface area (Å²) in [5, 5.41) is 3.43. The van der Waals surface area contributed by atoms with E-state index >= 15 is 0 Å². The van der Waals surface area contributed by atoms with Crippen molar-refractivity contribution in [2.24, 2.45) is 5.92 Å². The Hall–Kier alpha value is -0.170. The second-order valence-corrected chi connectivity index (χ2v) is 7.22. The van der Waals surface area contributed by atoms with Crippen molar-refractivity contribution in [1.82, 2.24) is 14.5 Å². The summed E-state index contributed by atoms with van der Waals surface area (Å²) < 4.78 is 24.4. The number of piperazine rings is 1. The molecule has 2 atom stereocenters. The van der Waals surface area contributed by atoms with E-state index in [0.29, 0.717) is 25.0 Å². The van der Waals surface area contributed by atoms with Crippen LogP contribution in [0.25, 0.3) is 0 Å². The standard InChI is InChI=1S/C11H23N3O2S/c1-10-3-4-12-9-11(10)13-5-7-14(8-6-13)17(2,15)16/h10-12H,3-9H2,1-2H3. The number of sulfonamides is 1. The van der Waals surface area contributed by atoms with Crippen molar-refractivity contribution in [3.63, 3.8) is 0 Å². The van der Waals surface area contributed by atoms with Gasteiger partial charge in [0, 0.05) is 38.8 Å². The van der Waals surface area contributed by atoms with Crippen molar-refractivity contribution in [3.05, 3.63) is 0 Å². The molecular weight excluding hydrogens is 238 g/mol. The molecule has 0 bridgehead atoms. The number of hydrogen-bond acceptors (Lipinski definition) is 4. The van der Waals surface area contributed by atoms with Gasteiger partial charge in [-0.05, 0) is 18.9 Å². The minimum Gasteiger partial charge on any atom is -0.315 e. The van der Waals surface area contributed by atoms with Gasteiger partial charge in [0.2, 0.25) is 10.0 Å². The molecule has 17 heavy (non-hydrogen) atoms. The summed E-state index contributed by atoms with van der Waals surface area (Å²) in [6, 6.07) is 0.575. The summed E-state index contributed by atoms with van der Waals surface area (Å²) in [5.41, 5.74) is 0. The smallest absolute Gasteiger partial charge is 0.211 e. The number of nitrogens with one attached hydrogen (secondary N) is 1. The maximum Gasteiger partial charge on any atom is 0.211 e. The van der Waals surface area contributed by atoms with Crippen LogP contribution in [0.4, 0.5) is 0 Å². The summed E-state index contributed by atoms with van der Waals surface area (Å²) >= 11 is 0. The molecule has 0 amide bonds. The van der Waals surface area contributed by atoms with Crippen LogP contribution in [0.1, 0.15) is 13.3 Å². The molecule has 2 saturated heterocycles. The van der Waals surface area contributed by atoms with Crippen LogP contribution in [0, 0.1) is 5.92 Å². The Labute approximate surface area is 104 Å². The fraction of sp³-hybridized carbons (Fsp3) is 1.00. The maximum absolute atomic E-state index is 11.4. The molecule has 2 heterocycles. The lowest BCUT2D eigenvalue weighted by atomic mass is 9.93. The molecular formula is C11H23N3O2S. The predicted octanol–water partition coefficient (Wildman–Crippen LogP) is -0.438. The summed E-state index contributed by atoms with van der Waals surface area (Å²) in [5.74, 6) is 0.709. The molecule has 2 rings (SSSR count). The molecule has 2 aliphatic rings. The molecule has 6 heteroatoms. The Balaban J connectivity index is 1.90. The number of rotatable bonds is 2. The molecule has 0 aromatic rings. The highest BCUT2D eigenvalue weighted by Gasteiger charge is 2.31. The lowest BCUT2D eigenvalue weighted by molar-refractivity contribution is 0.0871. The molecule has 0 aliphatic carbocycles. The zero-order chi connectivity index (χ0) is 12.5. The lowest BCUT2D eigenvalue weighted by Gasteiger charge is -2.42. The van der Waals surface area contributed by atoms with Crippen LogP contribution in [0.15, 0.2) is 0 Å². The third-order valence-corrected chi connectivity index (χ3v) is 5.30. The van der Waals surface area contributed by atoms with Gasteiger partial charge in [-0.15, -0.1) is 0 Å². The van der Waals surface area contributed by atoms with E-state index in [2.05, 4.69) is 17.1 Å². The molecule has 100 valence electrons.